The topological polar surface area (TPSA) is 42.0 Å². The molecule has 1 unspecified atom stereocenters. The van der Waals surface area contributed by atoms with Gasteiger partial charge in [-0.2, -0.15) is 0 Å². The zero-order valence-electron chi connectivity index (χ0n) is 15.0. The quantitative estimate of drug-likeness (QED) is 0.817. The van der Waals surface area contributed by atoms with Gasteiger partial charge in [0.25, 0.3) is 0 Å². The molecular weight excluding hydrogens is 323 g/mol. The van der Waals surface area contributed by atoms with E-state index in [-0.39, 0.29) is 24.1 Å². The lowest BCUT2D eigenvalue weighted by molar-refractivity contribution is -0.137. The van der Waals surface area contributed by atoms with Gasteiger partial charge in [0.05, 0.1) is 19.3 Å². The molecule has 1 amide bonds. The molecule has 3 rings (SSSR count). The highest BCUT2D eigenvalue weighted by Gasteiger charge is 2.33. The van der Waals surface area contributed by atoms with E-state index < -0.39 is 0 Å². The Morgan fingerprint density at radius 1 is 1.32 bits per heavy atom. The summed E-state index contributed by atoms with van der Waals surface area (Å²) in [4.78, 5) is 16.6. The average molecular weight is 350 g/mol. The van der Waals surface area contributed by atoms with Gasteiger partial charge in [-0.3, -0.25) is 9.69 Å². The van der Waals surface area contributed by atoms with Crippen molar-refractivity contribution in [3.05, 3.63) is 35.6 Å². The fourth-order valence-electron chi connectivity index (χ4n) is 3.69. The van der Waals surface area contributed by atoms with Gasteiger partial charge in [0.15, 0.2) is 6.29 Å². The maximum absolute atomic E-state index is 13.3. The van der Waals surface area contributed by atoms with E-state index in [9.17, 15) is 9.18 Å². The Morgan fingerprint density at radius 3 is 2.64 bits per heavy atom. The number of hydrogen-bond acceptors (Lipinski definition) is 4. The van der Waals surface area contributed by atoms with E-state index in [0.717, 1.165) is 31.5 Å². The molecule has 1 aromatic rings. The molecule has 0 radical (unpaired) electrons. The first-order chi connectivity index (χ1) is 12.0. The molecule has 0 N–H and O–H groups in total. The Labute approximate surface area is 148 Å². The molecule has 2 aliphatic rings. The van der Waals surface area contributed by atoms with Crippen LogP contribution in [0.4, 0.5) is 4.39 Å². The lowest BCUT2D eigenvalue weighted by atomic mass is 9.95. The van der Waals surface area contributed by atoms with Crippen molar-refractivity contribution in [3.8, 4) is 0 Å². The van der Waals surface area contributed by atoms with Gasteiger partial charge < -0.3 is 14.4 Å². The van der Waals surface area contributed by atoms with Crippen molar-refractivity contribution in [2.45, 2.75) is 38.6 Å². The molecule has 2 saturated heterocycles. The van der Waals surface area contributed by atoms with Gasteiger partial charge in [-0.05, 0) is 50.6 Å². The van der Waals surface area contributed by atoms with Gasteiger partial charge in [-0.15, -0.1) is 0 Å². The van der Waals surface area contributed by atoms with Crippen LogP contribution in [0.5, 0.6) is 0 Å². The zero-order chi connectivity index (χ0) is 17.8. The van der Waals surface area contributed by atoms with Crippen molar-refractivity contribution < 1.29 is 18.7 Å². The minimum Gasteiger partial charge on any atom is -0.350 e. The Balaban J connectivity index is 1.50. The molecule has 0 saturated carbocycles. The van der Waals surface area contributed by atoms with E-state index in [4.69, 9.17) is 9.47 Å². The summed E-state index contributed by atoms with van der Waals surface area (Å²) in [5, 5.41) is 0. The minimum absolute atomic E-state index is 0.0658. The second kappa shape index (κ2) is 8.25. The second-order valence-electron chi connectivity index (χ2n) is 6.98. The number of benzene rings is 1. The van der Waals surface area contributed by atoms with Crippen molar-refractivity contribution in [3.63, 3.8) is 0 Å². The second-order valence-corrected chi connectivity index (χ2v) is 6.98. The molecule has 0 aromatic heterocycles. The van der Waals surface area contributed by atoms with Crippen LogP contribution in [-0.4, -0.2) is 61.4 Å². The third-order valence-corrected chi connectivity index (χ3v) is 5.20. The van der Waals surface area contributed by atoms with Crippen LogP contribution in [0.15, 0.2) is 24.3 Å². The number of piperidine rings is 1. The third kappa shape index (κ3) is 4.57. The molecule has 2 fully saturated rings. The van der Waals surface area contributed by atoms with Gasteiger partial charge in [0.1, 0.15) is 5.82 Å². The summed E-state index contributed by atoms with van der Waals surface area (Å²) >= 11 is 0. The van der Waals surface area contributed by atoms with Gasteiger partial charge >= 0.3 is 0 Å². The van der Waals surface area contributed by atoms with Crippen molar-refractivity contribution >= 4 is 5.91 Å². The standard InChI is InChI=1S/C19H27FN2O3/c1-14(18(23)21(2)13-15-4-3-5-17(20)12-15)22-8-6-16(7-9-22)19-24-10-11-25-19/h3-5,12,14,16,19H,6-11,13H2,1-2H3. The highest BCUT2D eigenvalue weighted by atomic mass is 19.1. The van der Waals surface area contributed by atoms with E-state index in [1.165, 1.54) is 12.1 Å². The lowest BCUT2D eigenvalue weighted by Gasteiger charge is -2.37. The van der Waals surface area contributed by atoms with E-state index in [1.54, 1.807) is 18.0 Å². The Kier molecular flexibility index (Phi) is 6.04. The Hall–Kier alpha value is -1.50. The van der Waals surface area contributed by atoms with Crippen LogP contribution in [0, 0.1) is 11.7 Å². The number of ether oxygens (including phenoxy) is 2. The number of likely N-dealkylation sites (tertiary alicyclic amines) is 1. The molecular formula is C19H27FN2O3. The number of nitrogens with zero attached hydrogens (tertiary/aromatic N) is 2. The van der Waals surface area contributed by atoms with E-state index in [2.05, 4.69) is 4.90 Å². The predicted octanol–water partition coefficient (Wildman–Crippen LogP) is 2.26. The first kappa shape index (κ1) is 18.3. The third-order valence-electron chi connectivity index (χ3n) is 5.20. The molecule has 2 aliphatic heterocycles. The number of hydrogen-bond donors (Lipinski definition) is 0. The van der Waals surface area contributed by atoms with Gasteiger partial charge in [0.2, 0.25) is 5.91 Å². The monoisotopic (exact) mass is 350 g/mol. The van der Waals surface area contributed by atoms with Crippen LogP contribution in [0.1, 0.15) is 25.3 Å². The van der Waals surface area contributed by atoms with Crippen LogP contribution in [0.25, 0.3) is 0 Å². The molecule has 2 heterocycles. The highest BCUT2D eigenvalue weighted by molar-refractivity contribution is 5.81. The van der Waals surface area contributed by atoms with Crippen molar-refractivity contribution in [2.24, 2.45) is 5.92 Å². The maximum atomic E-state index is 13.3. The van der Waals surface area contributed by atoms with Gasteiger partial charge in [-0.25, -0.2) is 4.39 Å². The van der Waals surface area contributed by atoms with Crippen LogP contribution in [-0.2, 0) is 20.8 Å². The number of rotatable bonds is 5. The van der Waals surface area contributed by atoms with Crippen molar-refractivity contribution in [1.29, 1.82) is 0 Å². The lowest BCUT2D eigenvalue weighted by Crippen LogP contribution is -2.49. The maximum Gasteiger partial charge on any atom is 0.239 e. The number of carbonyl (C=O) groups is 1. The largest absolute Gasteiger partial charge is 0.350 e. The molecule has 1 aromatic carbocycles. The summed E-state index contributed by atoms with van der Waals surface area (Å²) in [6.07, 6.45) is 1.90. The molecule has 138 valence electrons. The number of amides is 1. The minimum atomic E-state index is -0.273. The number of likely N-dealkylation sites (N-methyl/N-ethyl adjacent to an activating group) is 1. The molecule has 0 bridgehead atoms. The molecule has 1 atom stereocenters. The summed E-state index contributed by atoms with van der Waals surface area (Å²) in [5.41, 5.74) is 0.803. The van der Waals surface area contributed by atoms with Crippen LogP contribution < -0.4 is 0 Å². The zero-order valence-corrected chi connectivity index (χ0v) is 15.0. The highest BCUT2D eigenvalue weighted by Crippen LogP contribution is 2.27. The van der Waals surface area contributed by atoms with Crippen LogP contribution in [0.3, 0.4) is 0 Å². The van der Waals surface area contributed by atoms with Gasteiger partial charge in [0, 0.05) is 19.5 Å². The summed E-state index contributed by atoms with van der Waals surface area (Å²) < 4.78 is 24.5. The first-order valence-electron chi connectivity index (χ1n) is 9.01. The summed E-state index contributed by atoms with van der Waals surface area (Å²) in [6, 6.07) is 6.22. The smallest absolute Gasteiger partial charge is 0.239 e. The molecule has 25 heavy (non-hydrogen) atoms. The molecule has 5 nitrogen and oxygen atoms in total. The molecule has 6 heteroatoms. The fraction of sp³-hybridized carbons (Fsp3) is 0.632. The fourth-order valence-corrected chi connectivity index (χ4v) is 3.69. The van der Waals surface area contributed by atoms with E-state index in [0.29, 0.717) is 25.7 Å². The van der Waals surface area contributed by atoms with E-state index in [1.807, 2.05) is 13.0 Å². The van der Waals surface area contributed by atoms with E-state index >= 15 is 0 Å². The molecule has 0 spiro atoms. The number of carbonyl (C=O) groups excluding carboxylic acids is 1. The normalized spacial score (nSPS) is 21.4. The van der Waals surface area contributed by atoms with Gasteiger partial charge in [-0.1, -0.05) is 12.1 Å². The summed E-state index contributed by atoms with van der Waals surface area (Å²) in [5.74, 6) is 0.215. The first-order valence-corrected chi connectivity index (χ1v) is 9.01. The molecule has 0 aliphatic carbocycles. The van der Waals surface area contributed by atoms with Crippen LogP contribution >= 0.6 is 0 Å². The van der Waals surface area contributed by atoms with Crippen LogP contribution in [0.2, 0.25) is 0 Å². The number of halogens is 1. The van der Waals surface area contributed by atoms with Crippen molar-refractivity contribution in [2.75, 3.05) is 33.4 Å². The average Bonchev–Trinajstić information content (AvgIpc) is 3.15. The van der Waals surface area contributed by atoms with Crippen molar-refractivity contribution in [1.82, 2.24) is 9.80 Å². The Bertz CT molecular complexity index is 584. The Morgan fingerprint density at radius 2 is 2.00 bits per heavy atom. The predicted molar refractivity (Wildman–Crippen MR) is 92.3 cm³/mol. The SMILES string of the molecule is CC(C(=O)N(C)Cc1cccc(F)c1)N1CCC(C2OCCO2)CC1. The summed E-state index contributed by atoms with van der Waals surface area (Å²) in [7, 11) is 1.77. The summed E-state index contributed by atoms with van der Waals surface area (Å²) in [6.45, 7) is 5.48.